The van der Waals surface area contributed by atoms with E-state index in [1.165, 1.54) is 0 Å². The van der Waals surface area contributed by atoms with Gasteiger partial charge in [0.1, 0.15) is 11.6 Å². The molecule has 3 heterocycles. The lowest BCUT2D eigenvalue weighted by Gasteiger charge is -2.38. The van der Waals surface area contributed by atoms with Gasteiger partial charge < -0.3 is 25.4 Å². The van der Waals surface area contributed by atoms with Crippen LogP contribution in [0, 0.1) is 17.8 Å². The number of unbranched alkanes of at least 4 members (excludes halogenated alkanes) is 2. The average Bonchev–Trinajstić information content (AvgIpc) is 3.43. The van der Waals surface area contributed by atoms with Gasteiger partial charge in [-0.15, -0.1) is 0 Å². The molecule has 3 rings (SSSR count). The molecule has 3 aliphatic heterocycles. The Morgan fingerprint density at radius 2 is 1.88 bits per heavy atom. The largest absolute Gasteiger partial charge is 0.394 e. The first-order chi connectivity index (χ1) is 15.4. The molecule has 8 nitrogen and oxygen atoms in total. The van der Waals surface area contributed by atoms with Crippen LogP contribution in [0.5, 0.6) is 0 Å². The number of ether oxygens (including phenoxy) is 1. The molecule has 3 saturated heterocycles. The van der Waals surface area contributed by atoms with E-state index in [2.05, 4.69) is 17.6 Å². The first-order valence-electron chi connectivity index (χ1n) is 12.5. The molecular weight excluding hydrogens is 410 g/mol. The smallest absolute Gasteiger partial charge is 0.245 e. The van der Waals surface area contributed by atoms with Crippen LogP contribution in [0.25, 0.3) is 0 Å². The van der Waals surface area contributed by atoms with E-state index in [0.29, 0.717) is 25.9 Å². The monoisotopic (exact) mass is 451 g/mol. The summed E-state index contributed by atoms with van der Waals surface area (Å²) in [7, 11) is 0. The van der Waals surface area contributed by atoms with Gasteiger partial charge in [0.2, 0.25) is 17.7 Å². The van der Waals surface area contributed by atoms with E-state index < -0.39 is 29.5 Å². The summed E-state index contributed by atoms with van der Waals surface area (Å²) >= 11 is 0. The van der Waals surface area contributed by atoms with Gasteiger partial charge in [0.15, 0.2) is 0 Å². The van der Waals surface area contributed by atoms with Gasteiger partial charge in [-0.25, -0.2) is 0 Å². The van der Waals surface area contributed by atoms with E-state index >= 15 is 0 Å². The maximum absolute atomic E-state index is 13.8. The minimum Gasteiger partial charge on any atom is -0.394 e. The minimum absolute atomic E-state index is 0.0131. The highest BCUT2D eigenvalue weighted by Gasteiger charge is 2.75. The molecule has 182 valence electrons. The Bertz CT molecular complexity index is 701. The second kappa shape index (κ2) is 10.5. The number of hydrogen-bond donors (Lipinski definition) is 3. The Balaban J connectivity index is 1.95. The zero-order chi connectivity index (χ0) is 23.5. The first kappa shape index (κ1) is 25.0. The zero-order valence-electron chi connectivity index (χ0n) is 20.1. The normalized spacial score (nSPS) is 32.7. The quantitative estimate of drug-likeness (QED) is 0.391. The molecule has 8 heteroatoms. The lowest BCUT2D eigenvalue weighted by atomic mass is 9.70. The molecular formula is C24H41N3O5. The number of carbonyl (C=O) groups is 3. The van der Waals surface area contributed by atoms with Gasteiger partial charge in [-0.1, -0.05) is 47.0 Å². The molecule has 2 unspecified atom stereocenters. The fraction of sp³-hybridized carbons (Fsp3) is 0.875. The van der Waals surface area contributed by atoms with Crippen molar-refractivity contribution in [2.75, 3.05) is 19.7 Å². The minimum atomic E-state index is -0.994. The van der Waals surface area contributed by atoms with Crippen LogP contribution in [0.1, 0.15) is 72.6 Å². The molecule has 7 atom stereocenters. The third-order valence-corrected chi connectivity index (χ3v) is 7.76. The maximum atomic E-state index is 13.8. The molecule has 1 spiro atoms. The third-order valence-electron chi connectivity index (χ3n) is 7.76. The van der Waals surface area contributed by atoms with Gasteiger partial charge in [-0.05, 0) is 31.6 Å². The number of likely N-dealkylation sites (tertiary alicyclic amines) is 1. The van der Waals surface area contributed by atoms with Crippen molar-refractivity contribution >= 4 is 17.7 Å². The van der Waals surface area contributed by atoms with Crippen molar-refractivity contribution in [2.45, 2.75) is 96.4 Å². The highest BCUT2D eigenvalue weighted by atomic mass is 16.5. The standard InChI is InChI=1S/C24H41N3O5/c1-5-8-9-13-26-22(30)20-24-11-10-17(32-24)18(21(29)25-12-6-2)19(24)23(31)27(20)16(14-28)15(4)7-3/h15-20,28H,5-14H2,1-4H3,(H,25,29)(H,26,30)/t15-,16-,17-,18+,19-,20?,24?/m0/s1. The first-order valence-corrected chi connectivity index (χ1v) is 12.5. The number of nitrogens with zero attached hydrogens (tertiary/aromatic N) is 1. The van der Waals surface area contributed by atoms with Gasteiger partial charge >= 0.3 is 0 Å². The lowest BCUT2D eigenvalue weighted by molar-refractivity contribution is -0.147. The number of aliphatic hydroxyl groups excluding tert-OH is 1. The van der Waals surface area contributed by atoms with Crippen molar-refractivity contribution in [3.8, 4) is 0 Å². The van der Waals surface area contributed by atoms with Crippen LogP contribution < -0.4 is 10.6 Å². The van der Waals surface area contributed by atoms with Crippen LogP contribution >= 0.6 is 0 Å². The van der Waals surface area contributed by atoms with Crippen molar-refractivity contribution in [3.05, 3.63) is 0 Å². The van der Waals surface area contributed by atoms with Gasteiger partial charge in [-0.3, -0.25) is 14.4 Å². The fourth-order valence-corrected chi connectivity index (χ4v) is 5.91. The molecule has 3 aliphatic rings. The predicted molar refractivity (Wildman–Crippen MR) is 121 cm³/mol. The van der Waals surface area contributed by atoms with Crippen molar-refractivity contribution in [2.24, 2.45) is 17.8 Å². The fourth-order valence-electron chi connectivity index (χ4n) is 5.91. The summed E-state index contributed by atoms with van der Waals surface area (Å²) in [5.41, 5.74) is -0.994. The molecule has 0 aromatic carbocycles. The molecule has 0 aromatic heterocycles. The van der Waals surface area contributed by atoms with Crippen molar-refractivity contribution in [3.63, 3.8) is 0 Å². The number of amides is 3. The highest BCUT2D eigenvalue weighted by molar-refractivity contribution is 5.99. The van der Waals surface area contributed by atoms with Crippen LogP contribution in [-0.2, 0) is 19.1 Å². The molecule has 3 amide bonds. The summed E-state index contributed by atoms with van der Waals surface area (Å²) in [6, 6.07) is -1.30. The summed E-state index contributed by atoms with van der Waals surface area (Å²) in [5, 5.41) is 16.2. The SMILES string of the molecule is CCCCCNC(=O)C1N([C@@H](CO)[C@@H](C)CC)C(=O)[C@@H]2[C@H](C(=O)NCCC)[C@@H]3CCC12O3. The average molecular weight is 452 g/mol. The summed E-state index contributed by atoms with van der Waals surface area (Å²) in [6.07, 6.45) is 5.42. The van der Waals surface area contributed by atoms with Gasteiger partial charge in [0.05, 0.1) is 30.6 Å². The molecule has 0 radical (unpaired) electrons. The number of carbonyl (C=O) groups excluding carboxylic acids is 3. The Kier molecular flexibility index (Phi) is 8.20. The molecule has 0 aromatic rings. The summed E-state index contributed by atoms with van der Waals surface area (Å²) in [5.74, 6) is -1.86. The summed E-state index contributed by atoms with van der Waals surface area (Å²) in [6.45, 7) is 8.96. The molecule has 0 saturated carbocycles. The van der Waals surface area contributed by atoms with E-state index in [1.807, 2.05) is 20.8 Å². The number of aliphatic hydroxyl groups is 1. The second-order valence-electron chi connectivity index (χ2n) is 9.73. The molecule has 32 heavy (non-hydrogen) atoms. The lowest BCUT2D eigenvalue weighted by Crippen LogP contribution is -2.59. The topological polar surface area (TPSA) is 108 Å². The van der Waals surface area contributed by atoms with Crippen molar-refractivity contribution in [1.29, 1.82) is 0 Å². The number of fused-ring (bicyclic) bond motifs is 1. The van der Waals surface area contributed by atoms with Gasteiger partial charge in [0.25, 0.3) is 0 Å². The van der Waals surface area contributed by atoms with Crippen molar-refractivity contribution in [1.82, 2.24) is 15.5 Å². The Morgan fingerprint density at radius 1 is 1.16 bits per heavy atom. The van der Waals surface area contributed by atoms with E-state index in [-0.39, 0.29) is 36.4 Å². The van der Waals surface area contributed by atoms with Crippen molar-refractivity contribution < 1.29 is 24.2 Å². The summed E-state index contributed by atoms with van der Waals surface area (Å²) < 4.78 is 6.40. The molecule has 3 fully saturated rings. The summed E-state index contributed by atoms with van der Waals surface area (Å²) in [4.78, 5) is 42.0. The predicted octanol–water partition coefficient (Wildman–Crippen LogP) is 1.60. The Labute approximate surface area is 191 Å². The number of hydrogen-bond acceptors (Lipinski definition) is 5. The van der Waals surface area contributed by atoms with Gasteiger partial charge in [0, 0.05) is 13.1 Å². The van der Waals surface area contributed by atoms with Crippen LogP contribution in [-0.4, -0.2) is 71.2 Å². The maximum Gasteiger partial charge on any atom is 0.245 e. The third kappa shape index (κ3) is 4.16. The van der Waals surface area contributed by atoms with Gasteiger partial charge in [-0.2, -0.15) is 0 Å². The Hall–Kier alpha value is -1.67. The van der Waals surface area contributed by atoms with E-state index in [0.717, 1.165) is 32.1 Å². The number of nitrogens with one attached hydrogen (secondary N) is 2. The van der Waals surface area contributed by atoms with Crippen LogP contribution in [0.15, 0.2) is 0 Å². The Morgan fingerprint density at radius 3 is 2.50 bits per heavy atom. The highest BCUT2D eigenvalue weighted by Crippen LogP contribution is 2.59. The molecule has 0 aliphatic carbocycles. The van der Waals surface area contributed by atoms with E-state index in [4.69, 9.17) is 4.74 Å². The number of rotatable bonds is 12. The molecule has 3 N–H and O–H groups in total. The second-order valence-corrected chi connectivity index (χ2v) is 9.73. The zero-order valence-corrected chi connectivity index (χ0v) is 20.1. The van der Waals surface area contributed by atoms with Crippen LogP contribution in [0.3, 0.4) is 0 Å². The van der Waals surface area contributed by atoms with Crippen LogP contribution in [0.2, 0.25) is 0 Å². The van der Waals surface area contributed by atoms with E-state index in [1.54, 1.807) is 4.90 Å². The molecule has 2 bridgehead atoms. The van der Waals surface area contributed by atoms with E-state index in [9.17, 15) is 19.5 Å². The van der Waals surface area contributed by atoms with Crippen LogP contribution in [0.4, 0.5) is 0 Å².